The summed E-state index contributed by atoms with van der Waals surface area (Å²) in [6, 6.07) is 3.18. The van der Waals surface area contributed by atoms with E-state index in [0.29, 0.717) is 31.1 Å². The van der Waals surface area contributed by atoms with Crippen LogP contribution in [0.1, 0.15) is 56.6 Å². The van der Waals surface area contributed by atoms with Gasteiger partial charge in [0.25, 0.3) is 0 Å². The molecule has 1 spiro atoms. The molecular formula is C28H42F2N4O5. The quantitative estimate of drug-likeness (QED) is 0.362. The van der Waals surface area contributed by atoms with Gasteiger partial charge in [-0.15, -0.1) is 0 Å². The molecule has 0 bridgehead atoms. The first-order chi connectivity index (χ1) is 18.8. The fourth-order valence-corrected chi connectivity index (χ4v) is 5.84. The van der Waals surface area contributed by atoms with Crippen LogP contribution in [-0.4, -0.2) is 82.2 Å². The number of likely N-dealkylation sites (N-methyl/N-ethyl adjacent to an activating group) is 1. The van der Waals surface area contributed by atoms with Crippen LogP contribution in [0.25, 0.3) is 0 Å². The number of hydrogen-bond acceptors (Lipinski definition) is 6. The number of alkyl carbamates (subject to hydrolysis) is 1. The van der Waals surface area contributed by atoms with Crippen molar-refractivity contribution in [2.75, 3.05) is 53.6 Å². The normalized spacial score (nSPS) is 23.6. The Hall–Kier alpha value is -2.50. The largest absolute Gasteiger partial charge is 0.453 e. The van der Waals surface area contributed by atoms with Crippen LogP contribution >= 0.6 is 0 Å². The Morgan fingerprint density at radius 2 is 1.95 bits per heavy atom. The lowest BCUT2D eigenvalue weighted by Gasteiger charge is -2.38. The molecule has 3 aliphatic rings. The number of carbonyl (C=O) groups excluding carboxylic acids is 2. The Labute approximate surface area is 229 Å². The highest BCUT2D eigenvalue weighted by Gasteiger charge is 2.46. The fraction of sp³-hybridized carbons (Fsp3) is 0.714. The van der Waals surface area contributed by atoms with E-state index >= 15 is 0 Å². The second kappa shape index (κ2) is 13.7. The SMILES string of the molecule is CNC[C@H](C[C@H]1CCC2(CC2)OC1)NC(=O)N1CCC[C@@H](C(OCCNC(=O)OC)c2cc(F)cc(F)c2)C1. The topological polar surface area (TPSA) is 101 Å². The number of carbonyl (C=O) groups is 2. The van der Waals surface area contributed by atoms with Crippen molar-refractivity contribution in [1.29, 1.82) is 0 Å². The molecule has 4 atom stereocenters. The van der Waals surface area contributed by atoms with Crippen molar-refractivity contribution >= 4 is 12.1 Å². The molecule has 3 amide bonds. The van der Waals surface area contributed by atoms with Gasteiger partial charge in [0.05, 0.1) is 32.0 Å². The van der Waals surface area contributed by atoms with Crippen molar-refractivity contribution in [3.05, 3.63) is 35.4 Å². The van der Waals surface area contributed by atoms with Crippen LogP contribution < -0.4 is 16.0 Å². The van der Waals surface area contributed by atoms with Crippen LogP contribution in [0.3, 0.4) is 0 Å². The summed E-state index contributed by atoms with van der Waals surface area (Å²) in [5.41, 5.74) is 0.524. The Morgan fingerprint density at radius 1 is 1.18 bits per heavy atom. The number of benzene rings is 1. The predicted molar refractivity (Wildman–Crippen MR) is 141 cm³/mol. The molecule has 2 saturated heterocycles. The molecule has 9 nitrogen and oxygen atoms in total. The number of piperidine rings is 1. The lowest BCUT2D eigenvalue weighted by molar-refractivity contribution is -0.0380. The van der Waals surface area contributed by atoms with E-state index in [1.54, 1.807) is 4.90 Å². The molecule has 1 aliphatic carbocycles. The maximum Gasteiger partial charge on any atom is 0.406 e. The molecule has 1 unspecified atom stereocenters. The smallest absolute Gasteiger partial charge is 0.406 e. The van der Waals surface area contributed by atoms with Crippen LogP contribution in [0, 0.1) is 23.5 Å². The number of ether oxygens (including phenoxy) is 3. The van der Waals surface area contributed by atoms with Gasteiger partial charge in [-0.05, 0) is 75.6 Å². The number of amides is 3. The average molecular weight is 553 g/mol. The molecule has 3 fully saturated rings. The van der Waals surface area contributed by atoms with E-state index < -0.39 is 23.8 Å². The van der Waals surface area contributed by atoms with Crippen molar-refractivity contribution in [1.82, 2.24) is 20.9 Å². The number of nitrogens with one attached hydrogen (secondary N) is 3. The number of methoxy groups -OCH3 is 1. The molecule has 2 heterocycles. The molecule has 0 radical (unpaired) electrons. The summed E-state index contributed by atoms with van der Waals surface area (Å²) in [4.78, 5) is 26.5. The van der Waals surface area contributed by atoms with Crippen molar-refractivity contribution in [2.24, 2.45) is 11.8 Å². The van der Waals surface area contributed by atoms with Gasteiger partial charge in [-0.25, -0.2) is 18.4 Å². The third kappa shape index (κ3) is 8.49. The first kappa shape index (κ1) is 29.5. The molecule has 1 saturated carbocycles. The molecule has 39 heavy (non-hydrogen) atoms. The van der Waals surface area contributed by atoms with E-state index in [-0.39, 0.29) is 36.7 Å². The van der Waals surface area contributed by atoms with E-state index in [0.717, 1.165) is 44.8 Å². The van der Waals surface area contributed by atoms with Gasteiger partial charge in [-0.1, -0.05) is 0 Å². The highest BCUT2D eigenvalue weighted by molar-refractivity contribution is 5.74. The number of likely N-dealkylation sites (tertiary alicyclic amines) is 1. The fourth-order valence-electron chi connectivity index (χ4n) is 5.84. The zero-order valence-corrected chi connectivity index (χ0v) is 23.0. The summed E-state index contributed by atoms with van der Waals surface area (Å²) in [5, 5.41) is 8.94. The Kier molecular flexibility index (Phi) is 10.4. The van der Waals surface area contributed by atoms with Gasteiger partial charge in [0.15, 0.2) is 0 Å². The Balaban J connectivity index is 1.37. The molecule has 4 rings (SSSR count). The third-order valence-electron chi connectivity index (χ3n) is 8.08. The minimum atomic E-state index is -0.689. The molecule has 0 aromatic heterocycles. The van der Waals surface area contributed by atoms with Crippen LogP contribution in [0.4, 0.5) is 18.4 Å². The zero-order chi connectivity index (χ0) is 27.8. The predicted octanol–water partition coefficient (Wildman–Crippen LogP) is 3.74. The molecule has 1 aromatic rings. The number of rotatable bonds is 11. The van der Waals surface area contributed by atoms with Crippen LogP contribution in [-0.2, 0) is 14.2 Å². The average Bonchev–Trinajstić information content (AvgIpc) is 3.68. The van der Waals surface area contributed by atoms with E-state index in [9.17, 15) is 18.4 Å². The minimum Gasteiger partial charge on any atom is -0.453 e. The summed E-state index contributed by atoms with van der Waals surface area (Å²) < 4.78 is 44.9. The standard InChI is InChI=1S/C28H42F2N4O5/c1-31-16-24(12-19-5-6-28(7-8-28)39-18-19)33-26(35)34-10-3-4-20(17-34)25(38-11-9-32-27(36)37-2)21-13-22(29)15-23(30)14-21/h13-15,19-20,24-25,31H,3-12,16-18H2,1-2H3,(H,32,36)(H,33,35)/t19-,20-,24+,25?/m1/s1. The van der Waals surface area contributed by atoms with E-state index in [4.69, 9.17) is 9.47 Å². The summed E-state index contributed by atoms with van der Waals surface area (Å²) in [6.45, 7) is 2.69. The van der Waals surface area contributed by atoms with Crippen LogP contribution in [0.5, 0.6) is 0 Å². The highest BCUT2D eigenvalue weighted by Crippen LogP contribution is 2.47. The van der Waals surface area contributed by atoms with Crippen molar-refractivity contribution in [3.63, 3.8) is 0 Å². The molecule has 1 aromatic carbocycles. The summed E-state index contributed by atoms with van der Waals surface area (Å²) in [5.74, 6) is -1.13. The molecule has 11 heteroatoms. The van der Waals surface area contributed by atoms with E-state index in [1.807, 2.05) is 7.05 Å². The first-order valence-electron chi connectivity index (χ1n) is 14.0. The van der Waals surface area contributed by atoms with Gasteiger partial charge in [0, 0.05) is 44.2 Å². The molecular weight excluding hydrogens is 510 g/mol. The lowest BCUT2D eigenvalue weighted by atomic mass is 9.88. The monoisotopic (exact) mass is 552 g/mol. The molecule has 2 aliphatic heterocycles. The number of hydrogen-bond donors (Lipinski definition) is 3. The minimum absolute atomic E-state index is 0.0292. The second-order valence-electron chi connectivity index (χ2n) is 11.1. The number of urea groups is 1. The van der Waals surface area contributed by atoms with E-state index in [1.165, 1.54) is 32.1 Å². The van der Waals surface area contributed by atoms with Crippen molar-refractivity contribution < 1.29 is 32.6 Å². The maximum absolute atomic E-state index is 14.1. The summed E-state index contributed by atoms with van der Waals surface area (Å²) in [6.07, 6.45) is 5.65. The maximum atomic E-state index is 14.1. The second-order valence-corrected chi connectivity index (χ2v) is 11.1. The van der Waals surface area contributed by atoms with Gasteiger partial charge in [-0.3, -0.25) is 0 Å². The van der Waals surface area contributed by atoms with Gasteiger partial charge in [-0.2, -0.15) is 0 Å². The van der Waals surface area contributed by atoms with Crippen LogP contribution in [0.15, 0.2) is 18.2 Å². The van der Waals surface area contributed by atoms with Gasteiger partial charge in [0.2, 0.25) is 0 Å². The zero-order valence-electron chi connectivity index (χ0n) is 23.0. The Morgan fingerprint density at radius 3 is 2.59 bits per heavy atom. The lowest BCUT2D eigenvalue weighted by Crippen LogP contribution is -2.52. The number of nitrogens with zero attached hydrogens (tertiary/aromatic N) is 1. The first-order valence-corrected chi connectivity index (χ1v) is 14.0. The van der Waals surface area contributed by atoms with Crippen LogP contribution in [0.2, 0.25) is 0 Å². The summed E-state index contributed by atoms with van der Waals surface area (Å²) in [7, 11) is 3.14. The van der Waals surface area contributed by atoms with Gasteiger partial charge in [0.1, 0.15) is 11.6 Å². The summed E-state index contributed by atoms with van der Waals surface area (Å²) >= 11 is 0. The van der Waals surface area contributed by atoms with Gasteiger partial charge >= 0.3 is 12.1 Å². The third-order valence-corrected chi connectivity index (χ3v) is 8.08. The van der Waals surface area contributed by atoms with Gasteiger partial charge < -0.3 is 35.1 Å². The van der Waals surface area contributed by atoms with Crippen molar-refractivity contribution in [3.8, 4) is 0 Å². The molecule has 218 valence electrons. The number of halogens is 2. The highest BCUT2D eigenvalue weighted by atomic mass is 19.1. The van der Waals surface area contributed by atoms with Crippen molar-refractivity contribution in [2.45, 2.75) is 62.7 Å². The Bertz CT molecular complexity index is 949. The van der Waals surface area contributed by atoms with E-state index in [2.05, 4.69) is 20.7 Å². The molecule has 3 N–H and O–H groups in total.